The number of hydrogen-bond donors (Lipinski definition) is 3. The molecule has 3 N–H and O–H groups in total. The Bertz CT molecular complexity index is 1420. The summed E-state index contributed by atoms with van der Waals surface area (Å²) in [6.45, 7) is 21.4. The Morgan fingerprint density at radius 1 is 0.898 bits per heavy atom. The Balaban J connectivity index is 1.28. The minimum Gasteiger partial charge on any atom is -0.481 e. The predicted octanol–water partition coefficient (Wildman–Crippen LogP) is 7.25. The number of fused-ring (bicyclic) bond motifs is 7. The lowest BCUT2D eigenvalue weighted by atomic mass is 9.33. The molecule has 0 aromatic heterocycles. The van der Waals surface area contributed by atoms with E-state index in [9.17, 15) is 24.3 Å². The number of Topliss-reactive ketones (excluding diaryl/α,β-unsaturated/α-hetero) is 1. The number of carboxylic acid groups (broad SMARTS) is 1. The van der Waals surface area contributed by atoms with Gasteiger partial charge in [0, 0.05) is 17.8 Å². The van der Waals surface area contributed by atoms with Gasteiger partial charge in [-0.25, -0.2) is 0 Å². The fourth-order valence-electron chi connectivity index (χ4n) is 13.0. The molecule has 8 atom stereocenters. The minimum atomic E-state index is -1.16. The largest absolute Gasteiger partial charge is 0.481 e. The van der Waals surface area contributed by atoms with Crippen LogP contribution < -0.4 is 10.6 Å². The smallest absolute Gasteiger partial charge is 0.309 e. The quantitative estimate of drug-likeness (QED) is 0.242. The molecule has 1 aliphatic heterocycles. The molecule has 274 valence electrons. The number of ether oxygens (including phenoxy) is 1. The number of carboxylic acids is 1. The third-order valence-electron chi connectivity index (χ3n) is 15.9. The molecule has 5 fully saturated rings. The maximum absolute atomic E-state index is 13.9. The van der Waals surface area contributed by atoms with Crippen LogP contribution in [0.4, 0.5) is 0 Å². The SMILES string of the molecule is CC(C)C1=C2[C@H]3CC[C@@H]4[C@@]5(C)CC[C@H](OC(=O)CC(C)(C)C(=O)O)C(C)(C)[C@@H]5CC[C@@]4(C)[C@]3(C)CC[C@@]2(NC(=O)C2CCNCC2)CC1=O. The van der Waals surface area contributed by atoms with Crippen LogP contribution in [0.25, 0.3) is 0 Å². The number of amides is 1. The van der Waals surface area contributed by atoms with E-state index in [-0.39, 0.29) is 63.6 Å². The summed E-state index contributed by atoms with van der Waals surface area (Å²) in [6.07, 6.45) is 9.62. The molecule has 6 rings (SSSR count). The van der Waals surface area contributed by atoms with Gasteiger partial charge in [-0.2, -0.15) is 0 Å². The molecule has 8 nitrogen and oxygen atoms in total. The number of carbonyl (C=O) groups is 4. The molecule has 0 spiro atoms. The fourth-order valence-corrected chi connectivity index (χ4v) is 13.0. The predicted molar refractivity (Wildman–Crippen MR) is 189 cm³/mol. The molecular formula is C41H64N2O6. The summed E-state index contributed by atoms with van der Waals surface area (Å²) >= 11 is 0. The first-order valence-corrected chi connectivity index (χ1v) is 19.5. The second-order valence-electron chi connectivity index (χ2n) is 19.5. The highest BCUT2D eigenvalue weighted by Crippen LogP contribution is 2.76. The van der Waals surface area contributed by atoms with Gasteiger partial charge in [-0.05, 0) is 142 Å². The second kappa shape index (κ2) is 12.2. The van der Waals surface area contributed by atoms with Gasteiger partial charge in [0.2, 0.25) is 5.91 Å². The van der Waals surface area contributed by atoms with E-state index in [1.165, 1.54) is 5.57 Å². The standard InChI is InChI=1S/C41H64N2O6/c1-24(2)32-27(44)22-41(43-34(46)25-14-20-42-21-15-25)19-18-39(8)26(33(32)41)10-11-29-38(7)16-13-30(49-31(45)23-36(3,4)35(47)48)37(5,6)28(38)12-17-40(29,39)9/h24-26,28-30,42H,10-23H2,1-9H3,(H,43,46)(H,47,48)/t26-,28+,29-,30+,38+,39-,40-,41-/m1/s1. The van der Waals surface area contributed by atoms with E-state index in [0.717, 1.165) is 82.9 Å². The molecule has 8 heteroatoms. The summed E-state index contributed by atoms with van der Waals surface area (Å²) in [6, 6.07) is 0. The van der Waals surface area contributed by atoms with E-state index < -0.39 is 22.9 Å². The summed E-state index contributed by atoms with van der Waals surface area (Å²) in [5.41, 5.74) is 0.488. The van der Waals surface area contributed by atoms with Crippen molar-refractivity contribution in [3.8, 4) is 0 Å². The molecule has 49 heavy (non-hydrogen) atoms. The van der Waals surface area contributed by atoms with Gasteiger partial charge in [-0.3, -0.25) is 19.2 Å². The zero-order valence-corrected chi connectivity index (χ0v) is 31.9. The van der Waals surface area contributed by atoms with Crippen molar-refractivity contribution in [1.29, 1.82) is 0 Å². The summed E-state index contributed by atoms with van der Waals surface area (Å²) in [5, 5.41) is 16.6. The van der Waals surface area contributed by atoms with Crippen LogP contribution in [-0.4, -0.2) is 53.5 Å². The first-order chi connectivity index (χ1) is 22.7. The van der Waals surface area contributed by atoms with Crippen LogP contribution in [0.2, 0.25) is 0 Å². The number of rotatable bonds is 7. The highest BCUT2D eigenvalue weighted by Gasteiger charge is 2.70. The number of hydrogen-bond acceptors (Lipinski definition) is 6. The zero-order chi connectivity index (χ0) is 35.9. The summed E-state index contributed by atoms with van der Waals surface area (Å²) in [5.74, 6) is 0.251. The normalized spacial score (nSPS) is 40.6. The topological polar surface area (TPSA) is 122 Å². The number of allylic oxidation sites excluding steroid dienone is 1. The van der Waals surface area contributed by atoms with E-state index in [4.69, 9.17) is 4.74 Å². The van der Waals surface area contributed by atoms with Crippen molar-refractivity contribution < 1.29 is 29.0 Å². The maximum Gasteiger partial charge on any atom is 0.309 e. The number of aliphatic carboxylic acids is 1. The molecule has 0 aromatic rings. The number of piperidine rings is 1. The Kier molecular flexibility index (Phi) is 9.10. The summed E-state index contributed by atoms with van der Waals surface area (Å²) in [4.78, 5) is 52.5. The molecule has 4 saturated carbocycles. The average Bonchev–Trinajstić information content (AvgIpc) is 3.30. The Labute approximate surface area is 294 Å². The molecule has 0 aromatic carbocycles. The van der Waals surface area contributed by atoms with Gasteiger partial charge in [0.05, 0.1) is 17.4 Å². The van der Waals surface area contributed by atoms with Crippen molar-refractivity contribution >= 4 is 23.6 Å². The first-order valence-electron chi connectivity index (χ1n) is 19.5. The Morgan fingerprint density at radius 2 is 1.57 bits per heavy atom. The van der Waals surface area contributed by atoms with Gasteiger partial charge in [-0.1, -0.05) is 48.5 Å². The summed E-state index contributed by atoms with van der Waals surface area (Å²) < 4.78 is 6.15. The highest BCUT2D eigenvalue weighted by atomic mass is 16.5. The number of nitrogens with one attached hydrogen (secondary N) is 2. The van der Waals surface area contributed by atoms with Crippen molar-refractivity contribution in [1.82, 2.24) is 10.6 Å². The van der Waals surface area contributed by atoms with Crippen LogP contribution in [0.3, 0.4) is 0 Å². The third kappa shape index (κ3) is 5.55. The molecule has 1 amide bonds. The monoisotopic (exact) mass is 680 g/mol. The van der Waals surface area contributed by atoms with E-state index in [0.29, 0.717) is 18.3 Å². The van der Waals surface area contributed by atoms with Gasteiger partial charge >= 0.3 is 11.9 Å². The van der Waals surface area contributed by atoms with Crippen LogP contribution >= 0.6 is 0 Å². The molecule has 0 bridgehead atoms. The van der Waals surface area contributed by atoms with Crippen molar-refractivity contribution in [2.45, 2.75) is 151 Å². The van der Waals surface area contributed by atoms with Gasteiger partial charge in [0.15, 0.2) is 5.78 Å². The lowest BCUT2D eigenvalue weighted by Crippen LogP contribution is -2.67. The molecule has 1 heterocycles. The summed E-state index contributed by atoms with van der Waals surface area (Å²) in [7, 11) is 0. The Morgan fingerprint density at radius 3 is 2.20 bits per heavy atom. The van der Waals surface area contributed by atoms with Crippen molar-refractivity contribution in [2.24, 2.45) is 56.7 Å². The van der Waals surface area contributed by atoms with Gasteiger partial charge in [-0.15, -0.1) is 0 Å². The second-order valence-corrected chi connectivity index (χ2v) is 19.5. The number of ketones is 1. The van der Waals surface area contributed by atoms with Crippen LogP contribution in [0.15, 0.2) is 11.1 Å². The highest BCUT2D eigenvalue weighted by molar-refractivity contribution is 6.02. The van der Waals surface area contributed by atoms with Crippen LogP contribution in [0.5, 0.6) is 0 Å². The average molecular weight is 681 g/mol. The van der Waals surface area contributed by atoms with E-state index in [1.54, 1.807) is 13.8 Å². The van der Waals surface area contributed by atoms with Crippen LogP contribution in [0, 0.1) is 56.7 Å². The first kappa shape index (κ1) is 36.6. The van der Waals surface area contributed by atoms with E-state index in [2.05, 4.69) is 59.1 Å². The molecule has 0 unspecified atom stereocenters. The molecule has 6 aliphatic rings. The van der Waals surface area contributed by atoms with Crippen molar-refractivity contribution in [3.05, 3.63) is 11.1 Å². The fraction of sp³-hybridized carbons (Fsp3) is 0.854. The van der Waals surface area contributed by atoms with Crippen molar-refractivity contribution in [2.75, 3.05) is 13.1 Å². The lowest BCUT2D eigenvalue weighted by Gasteiger charge is -2.72. The lowest BCUT2D eigenvalue weighted by molar-refractivity contribution is -0.232. The minimum absolute atomic E-state index is 0.00283. The van der Waals surface area contributed by atoms with Gasteiger partial charge in [0.25, 0.3) is 0 Å². The molecule has 5 aliphatic carbocycles. The Hall–Kier alpha value is -2.22. The number of esters is 1. The number of carbonyl (C=O) groups excluding carboxylic acids is 3. The van der Waals surface area contributed by atoms with E-state index in [1.807, 2.05) is 0 Å². The molecular weight excluding hydrogens is 616 g/mol. The van der Waals surface area contributed by atoms with Gasteiger partial charge in [0.1, 0.15) is 6.10 Å². The molecule has 1 saturated heterocycles. The maximum atomic E-state index is 13.9. The van der Waals surface area contributed by atoms with Crippen molar-refractivity contribution in [3.63, 3.8) is 0 Å². The third-order valence-corrected chi connectivity index (χ3v) is 15.9. The van der Waals surface area contributed by atoms with E-state index >= 15 is 0 Å². The van der Waals surface area contributed by atoms with Crippen LogP contribution in [-0.2, 0) is 23.9 Å². The zero-order valence-electron chi connectivity index (χ0n) is 31.9. The van der Waals surface area contributed by atoms with Crippen LogP contribution in [0.1, 0.15) is 139 Å². The molecule has 0 radical (unpaired) electrons. The van der Waals surface area contributed by atoms with Gasteiger partial charge < -0.3 is 20.5 Å².